The number of rotatable bonds is 1. The van der Waals surface area contributed by atoms with E-state index < -0.39 is 0 Å². The van der Waals surface area contributed by atoms with E-state index in [1.165, 1.54) is 22.3 Å². The van der Waals surface area contributed by atoms with Crippen molar-refractivity contribution in [3.8, 4) is 11.1 Å². The van der Waals surface area contributed by atoms with Crippen molar-refractivity contribution in [3.63, 3.8) is 0 Å². The molecule has 0 unspecified atom stereocenters. The summed E-state index contributed by atoms with van der Waals surface area (Å²) in [4.78, 5) is 0. The van der Waals surface area contributed by atoms with Crippen molar-refractivity contribution in [2.24, 2.45) is 0 Å². The first-order valence-electron chi connectivity index (χ1n) is 4.89. The summed E-state index contributed by atoms with van der Waals surface area (Å²) in [5.74, 6) is 0. The summed E-state index contributed by atoms with van der Waals surface area (Å²) in [6.45, 7) is 4.22. The van der Waals surface area contributed by atoms with Crippen LogP contribution in [0.5, 0.6) is 0 Å². The molecule has 2 rings (SSSR count). The number of hydrogen-bond donors (Lipinski definition) is 0. The molecule has 0 saturated heterocycles. The van der Waals surface area contributed by atoms with Crippen LogP contribution in [0.25, 0.3) is 11.1 Å². The molecule has 0 amide bonds. The minimum absolute atomic E-state index is 0. The second-order valence-corrected chi connectivity index (χ2v) is 3.73. The van der Waals surface area contributed by atoms with Gasteiger partial charge in [-0.3, -0.25) is 0 Å². The SMILES string of the molecule is Cc1ccc(-c2ccc(C)cc2)cc1.[LiH]. The molecule has 15 heavy (non-hydrogen) atoms. The molecular weight excluding hydrogens is 175 g/mol. The number of benzene rings is 2. The van der Waals surface area contributed by atoms with Crippen molar-refractivity contribution in [1.82, 2.24) is 0 Å². The van der Waals surface area contributed by atoms with Gasteiger partial charge in [0.1, 0.15) is 0 Å². The summed E-state index contributed by atoms with van der Waals surface area (Å²) >= 11 is 0. The summed E-state index contributed by atoms with van der Waals surface area (Å²) in [7, 11) is 0. The monoisotopic (exact) mass is 190 g/mol. The molecule has 0 fully saturated rings. The molecule has 2 aromatic rings. The van der Waals surface area contributed by atoms with Crippen molar-refractivity contribution in [3.05, 3.63) is 59.7 Å². The molecule has 0 N–H and O–H groups in total. The summed E-state index contributed by atoms with van der Waals surface area (Å²) < 4.78 is 0. The summed E-state index contributed by atoms with van der Waals surface area (Å²) in [6.07, 6.45) is 0. The normalized spacial score (nSPS) is 9.47. The van der Waals surface area contributed by atoms with Gasteiger partial charge in [0.05, 0.1) is 0 Å². The van der Waals surface area contributed by atoms with E-state index in [2.05, 4.69) is 62.4 Å². The second-order valence-electron chi connectivity index (χ2n) is 3.73. The molecule has 0 spiro atoms. The van der Waals surface area contributed by atoms with Gasteiger partial charge in [0.15, 0.2) is 0 Å². The molecule has 0 nitrogen and oxygen atoms in total. The predicted molar refractivity (Wildman–Crippen MR) is 68.5 cm³/mol. The standard InChI is InChI=1S/C14H14.Li.H/c1-11-3-7-13(8-4-11)14-9-5-12(2)6-10-14;;/h3-10H,1-2H3;;. The van der Waals surface area contributed by atoms with Gasteiger partial charge < -0.3 is 0 Å². The first-order valence-corrected chi connectivity index (χ1v) is 4.89. The first kappa shape index (κ1) is 12.1. The van der Waals surface area contributed by atoms with Crippen LogP contribution in [-0.2, 0) is 0 Å². The molecular formula is C14H15Li. The summed E-state index contributed by atoms with van der Waals surface area (Å²) in [5.41, 5.74) is 5.19. The molecule has 0 saturated carbocycles. The molecule has 2 aromatic carbocycles. The third kappa shape index (κ3) is 2.99. The van der Waals surface area contributed by atoms with E-state index in [0.717, 1.165) is 0 Å². The van der Waals surface area contributed by atoms with E-state index in [4.69, 9.17) is 0 Å². The third-order valence-electron chi connectivity index (χ3n) is 2.44. The van der Waals surface area contributed by atoms with Crippen LogP contribution in [0.1, 0.15) is 11.1 Å². The van der Waals surface area contributed by atoms with E-state index >= 15 is 0 Å². The van der Waals surface area contributed by atoms with Gasteiger partial charge in [-0.1, -0.05) is 59.7 Å². The van der Waals surface area contributed by atoms with Crippen LogP contribution in [0, 0.1) is 13.8 Å². The topological polar surface area (TPSA) is 0 Å². The van der Waals surface area contributed by atoms with Gasteiger partial charge in [-0.05, 0) is 25.0 Å². The molecule has 0 radical (unpaired) electrons. The molecule has 0 atom stereocenters. The van der Waals surface area contributed by atoms with Crippen molar-refractivity contribution < 1.29 is 0 Å². The van der Waals surface area contributed by atoms with E-state index in [1.54, 1.807) is 0 Å². The quantitative estimate of drug-likeness (QED) is 0.605. The van der Waals surface area contributed by atoms with E-state index in [-0.39, 0.29) is 18.9 Å². The Morgan fingerprint density at radius 2 is 0.800 bits per heavy atom. The maximum atomic E-state index is 2.17. The average molecular weight is 190 g/mol. The van der Waals surface area contributed by atoms with Crippen LogP contribution in [0.15, 0.2) is 48.5 Å². The van der Waals surface area contributed by atoms with Crippen molar-refractivity contribution in [1.29, 1.82) is 0 Å². The Kier molecular flexibility index (Phi) is 4.21. The molecule has 0 aliphatic heterocycles. The average Bonchev–Trinajstić information content (AvgIpc) is 2.21. The van der Waals surface area contributed by atoms with Gasteiger partial charge in [-0.2, -0.15) is 0 Å². The van der Waals surface area contributed by atoms with Crippen LogP contribution in [0.3, 0.4) is 0 Å². The van der Waals surface area contributed by atoms with Crippen LogP contribution in [0.4, 0.5) is 0 Å². The minimum atomic E-state index is 0. The maximum absolute atomic E-state index is 2.17. The van der Waals surface area contributed by atoms with Crippen LogP contribution < -0.4 is 0 Å². The van der Waals surface area contributed by atoms with Crippen molar-refractivity contribution in [2.75, 3.05) is 0 Å². The first-order chi connectivity index (χ1) is 6.75. The Morgan fingerprint density at radius 1 is 0.533 bits per heavy atom. The Labute approximate surface area is 104 Å². The molecule has 0 aliphatic rings. The zero-order chi connectivity index (χ0) is 9.97. The fourth-order valence-corrected chi connectivity index (χ4v) is 1.49. The molecule has 0 bridgehead atoms. The fourth-order valence-electron chi connectivity index (χ4n) is 1.49. The summed E-state index contributed by atoms with van der Waals surface area (Å²) in [5, 5.41) is 0. The predicted octanol–water partition coefficient (Wildman–Crippen LogP) is 3.32. The Balaban J connectivity index is 0.00000112. The molecule has 1 heteroatoms. The van der Waals surface area contributed by atoms with Crippen LogP contribution >= 0.6 is 0 Å². The summed E-state index contributed by atoms with van der Waals surface area (Å²) in [6, 6.07) is 17.3. The van der Waals surface area contributed by atoms with Gasteiger partial charge in [-0.15, -0.1) is 0 Å². The number of aryl methyl sites for hydroxylation is 2. The van der Waals surface area contributed by atoms with E-state index in [0.29, 0.717) is 0 Å². The molecule has 72 valence electrons. The zero-order valence-electron chi connectivity index (χ0n) is 8.62. The second kappa shape index (κ2) is 5.21. The van der Waals surface area contributed by atoms with Crippen LogP contribution in [0.2, 0.25) is 0 Å². The Hall–Kier alpha value is -0.963. The number of hydrogen-bond acceptors (Lipinski definition) is 0. The molecule has 0 aromatic heterocycles. The van der Waals surface area contributed by atoms with Gasteiger partial charge >= 0.3 is 18.9 Å². The van der Waals surface area contributed by atoms with E-state index in [1.807, 2.05) is 0 Å². The zero-order valence-corrected chi connectivity index (χ0v) is 8.62. The van der Waals surface area contributed by atoms with E-state index in [9.17, 15) is 0 Å². The molecule has 0 aliphatic carbocycles. The molecule has 0 heterocycles. The Bertz CT molecular complexity index is 369. The fraction of sp³-hybridized carbons (Fsp3) is 0.143. The van der Waals surface area contributed by atoms with Crippen molar-refractivity contribution >= 4 is 18.9 Å². The van der Waals surface area contributed by atoms with Crippen molar-refractivity contribution in [2.45, 2.75) is 13.8 Å². The van der Waals surface area contributed by atoms with Gasteiger partial charge in [-0.25, -0.2) is 0 Å². The van der Waals surface area contributed by atoms with Gasteiger partial charge in [0.2, 0.25) is 0 Å². The van der Waals surface area contributed by atoms with Gasteiger partial charge in [0, 0.05) is 0 Å². The van der Waals surface area contributed by atoms with Gasteiger partial charge in [0.25, 0.3) is 0 Å². The Morgan fingerprint density at radius 3 is 1.07 bits per heavy atom. The third-order valence-corrected chi connectivity index (χ3v) is 2.44. The van der Waals surface area contributed by atoms with Crippen LogP contribution in [-0.4, -0.2) is 18.9 Å².